The molecule has 3 aromatic carbocycles. The molecule has 6 nitrogen and oxygen atoms in total. The van der Waals surface area contributed by atoms with Crippen molar-refractivity contribution in [1.29, 1.82) is 0 Å². The third kappa shape index (κ3) is 4.42. The van der Waals surface area contributed by atoms with Gasteiger partial charge in [0.1, 0.15) is 4.88 Å². The van der Waals surface area contributed by atoms with E-state index in [1.807, 2.05) is 42.5 Å². The van der Waals surface area contributed by atoms with Gasteiger partial charge >= 0.3 is 6.03 Å². The summed E-state index contributed by atoms with van der Waals surface area (Å²) in [6.07, 6.45) is 0. The SMILES string of the molecule is Cc1nc(NC(=O)Nc2cccc(Cl)c2)sc1C(=O)Nc1cccc2ccccc12. The van der Waals surface area contributed by atoms with Gasteiger partial charge in [-0.05, 0) is 36.6 Å². The molecule has 0 aliphatic heterocycles. The topological polar surface area (TPSA) is 83.1 Å². The Labute approximate surface area is 181 Å². The fraction of sp³-hybridized carbons (Fsp3) is 0.0455. The molecule has 30 heavy (non-hydrogen) atoms. The van der Waals surface area contributed by atoms with Crippen molar-refractivity contribution in [3.8, 4) is 0 Å². The molecule has 4 rings (SSSR count). The van der Waals surface area contributed by atoms with Crippen molar-refractivity contribution >= 4 is 62.2 Å². The first-order chi connectivity index (χ1) is 14.5. The van der Waals surface area contributed by atoms with E-state index >= 15 is 0 Å². The number of nitrogens with one attached hydrogen (secondary N) is 3. The Hall–Kier alpha value is -3.42. The number of urea groups is 1. The maximum Gasteiger partial charge on any atom is 0.325 e. The number of hydrogen-bond acceptors (Lipinski definition) is 4. The number of carbonyl (C=O) groups is 2. The fourth-order valence-corrected chi connectivity index (χ4v) is 4.05. The highest BCUT2D eigenvalue weighted by Gasteiger charge is 2.17. The van der Waals surface area contributed by atoms with Gasteiger partial charge in [-0.1, -0.05) is 65.4 Å². The standard InChI is InChI=1S/C22H17ClN4O2S/c1-13-19(20(28)26-18-11-4-7-14-6-2-3-10-17(14)18)30-22(24-13)27-21(29)25-16-9-5-8-15(23)12-16/h2-12H,1H3,(H,26,28)(H2,24,25,27,29). The average molecular weight is 437 g/mol. The van der Waals surface area contributed by atoms with Gasteiger partial charge in [0, 0.05) is 21.8 Å². The minimum atomic E-state index is -0.466. The normalized spacial score (nSPS) is 10.6. The van der Waals surface area contributed by atoms with Crippen LogP contribution in [0.5, 0.6) is 0 Å². The Kier molecular flexibility index (Phi) is 5.65. The first-order valence-corrected chi connectivity index (χ1v) is 10.3. The summed E-state index contributed by atoms with van der Waals surface area (Å²) in [5.41, 5.74) is 1.82. The molecule has 0 atom stereocenters. The predicted octanol–water partition coefficient (Wildman–Crippen LogP) is 6.15. The number of thiazole rings is 1. The van der Waals surface area contributed by atoms with Gasteiger partial charge in [-0.25, -0.2) is 9.78 Å². The van der Waals surface area contributed by atoms with E-state index in [0.717, 1.165) is 27.8 Å². The number of hydrogen-bond donors (Lipinski definition) is 3. The number of amides is 3. The van der Waals surface area contributed by atoms with E-state index in [4.69, 9.17) is 11.6 Å². The van der Waals surface area contributed by atoms with Gasteiger partial charge in [0.2, 0.25) is 0 Å². The fourth-order valence-electron chi connectivity index (χ4n) is 3.00. The molecule has 3 amide bonds. The quantitative estimate of drug-likeness (QED) is 0.358. The average Bonchev–Trinajstić information content (AvgIpc) is 3.08. The van der Waals surface area contributed by atoms with Crippen molar-refractivity contribution in [1.82, 2.24) is 4.98 Å². The Morgan fingerprint density at radius 3 is 2.53 bits per heavy atom. The summed E-state index contributed by atoms with van der Waals surface area (Å²) in [6, 6.07) is 19.9. The van der Waals surface area contributed by atoms with Crippen molar-refractivity contribution in [2.45, 2.75) is 6.92 Å². The van der Waals surface area contributed by atoms with E-state index in [1.165, 1.54) is 0 Å². The molecule has 0 spiro atoms. The Balaban J connectivity index is 1.48. The van der Waals surface area contributed by atoms with Crippen molar-refractivity contribution in [2.75, 3.05) is 16.0 Å². The molecule has 150 valence electrons. The lowest BCUT2D eigenvalue weighted by Crippen LogP contribution is -2.19. The highest BCUT2D eigenvalue weighted by Crippen LogP contribution is 2.27. The lowest BCUT2D eigenvalue weighted by atomic mass is 10.1. The number of nitrogens with zero attached hydrogens (tertiary/aromatic N) is 1. The van der Waals surface area contributed by atoms with Crippen LogP contribution in [0.15, 0.2) is 66.7 Å². The Bertz CT molecular complexity index is 1250. The second-order valence-electron chi connectivity index (χ2n) is 6.50. The maximum atomic E-state index is 12.8. The van der Waals surface area contributed by atoms with Gasteiger partial charge < -0.3 is 10.6 Å². The van der Waals surface area contributed by atoms with Crippen molar-refractivity contribution in [3.05, 3.63) is 82.3 Å². The van der Waals surface area contributed by atoms with Crippen LogP contribution in [0.2, 0.25) is 5.02 Å². The molecule has 0 radical (unpaired) electrons. The lowest BCUT2D eigenvalue weighted by molar-refractivity contribution is 0.103. The van der Waals surface area contributed by atoms with Crippen LogP contribution in [-0.2, 0) is 0 Å². The van der Waals surface area contributed by atoms with Crippen LogP contribution in [-0.4, -0.2) is 16.9 Å². The van der Waals surface area contributed by atoms with E-state index in [1.54, 1.807) is 31.2 Å². The molecule has 3 N–H and O–H groups in total. The lowest BCUT2D eigenvalue weighted by Gasteiger charge is -2.08. The van der Waals surface area contributed by atoms with Gasteiger partial charge in [0.15, 0.2) is 5.13 Å². The van der Waals surface area contributed by atoms with Gasteiger partial charge in [-0.3, -0.25) is 10.1 Å². The molecule has 4 aromatic rings. The third-order valence-corrected chi connectivity index (χ3v) is 5.65. The van der Waals surface area contributed by atoms with E-state index in [-0.39, 0.29) is 5.91 Å². The van der Waals surface area contributed by atoms with Crippen LogP contribution in [0.25, 0.3) is 10.8 Å². The summed E-state index contributed by atoms with van der Waals surface area (Å²) in [4.78, 5) is 29.8. The molecule has 1 aromatic heterocycles. The smallest absolute Gasteiger partial charge is 0.321 e. The molecule has 0 aliphatic carbocycles. The number of aromatic nitrogens is 1. The second kappa shape index (κ2) is 8.52. The zero-order valence-electron chi connectivity index (χ0n) is 15.9. The molecule has 0 saturated heterocycles. The van der Waals surface area contributed by atoms with Crippen LogP contribution in [0.1, 0.15) is 15.4 Å². The van der Waals surface area contributed by atoms with Crippen LogP contribution in [0, 0.1) is 6.92 Å². The van der Waals surface area contributed by atoms with Crippen LogP contribution >= 0.6 is 22.9 Å². The van der Waals surface area contributed by atoms with Crippen LogP contribution < -0.4 is 16.0 Å². The number of rotatable bonds is 4. The number of fused-ring (bicyclic) bond motifs is 1. The van der Waals surface area contributed by atoms with Gasteiger partial charge in [0.05, 0.1) is 5.69 Å². The second-order valence-corrected chi connectivity index (χ2v) is 7.94. The molecule has 1 heterocycles. The third-order valence-electron chi connectivity index (χ3n) is 4.34. The zero-order chi connectivity index (χ0) is 21.1. The number of aryl methyl sites for hydroxylation is 1. The number of anilines is 3. The molecule has 0 unspecified atom stereocenters. The summed E-state index contributed by atoms with van der Waals surface area (Å²) < 4.78 is 0. The van der Waals surface area contributed by atoms with E-state index in [9.17, 15) is 9.59 Å². The van der Waals surface area contributed by atoms with Gasteiger partial charge in [-0.2, -0.15) is 0 Å². The van der Waals surface area contributed by atoms with Gasteiger partial charge in [0.25, 0.3) is 5.91 Å². The first-order valence-electron chi connectivity index (χ1n) is 9.10. The highest BCUT2D eigenvalue weighted by molar-refractivity contribution is 7.17. The first kappa shape index (κ1) is 19.9. The minimum absolute atomic E-state index is 0.273. The largest absolute Gasteiger partial charge is 0.325 e. The number of benzene rings is 3. The summed E-state index contributed by atoms with van der Waals surface area (Å²) in [7, 11) is 0. The molecule has 8 heteroatoms. The van der Waals surface area contributed by atoms with Crippen molar-refractivity contribution in [3.63, 3.8) is 0 Å². The molecule has 0 aliphatic rings. The molecule has 0 bridgehead atoms. The van der Waals surface area contributed by atoms with Crippen LogP contribution in [0.4, 0.5) is 21.3 Å². The van der Waals surface area contributed by atoms with E-state index in [2.05, 4.69) is 20.9 Å². The molecular weight excluding hydrogens is 420 g/mol. The Morgan fingerprint density at radius 2 is 1.70 bits per heavy atom. The zero-order valence-corrected chi connectivity index (χ0v) is 17.5. The predicted molar refractivity (Wildman–Crippen MR) is 123 cm³/mol. The van der Waals surface area contributed by atoms with Crippen molar-refractivity contribution in [2.24, 2.45) is 0 Å². The summed E-state index contributed by atoms with van der Waals surface area (Å²) in [5, 5.41) is 11.1. The minimum Gasteiger partial charge on any atom is -0.321 e. The highest BCUT2D eigenvalue weighted by atomic mass is 35.5. The van der Waals surface area contributed by atoms with Crippen molar-refractivity contribution < 1.29 is 9.59 Å². The number of carbonyl (C=O) groups excluding carboxylic acids is 2. The summed E-state index contributed by atoms with van der Waals surface area (Å²) in [6.45, 7) is 1.73. The summed E-state index contributed by atoms with van der Waals surface area (Å²) in [5.74, 6) is -0.273. The van der Waals surface area contributed by atoms with E-state index in [0.29, 0.717) is 26.4 Å². The van der Waals surface area contributed by atoms with E-state index < -0.39 is 6.03 Å². The van der Waals surface area contributed by atoms with Crippen LogP contribution in [0.3, 0.4) is 0 Å². The molecular formula is C22H17ClN4O2S. The molecule has 0 saturated carbocycles. The summed E-state index contributed by atoms with van der Waals surface area (Å²) >= 11 is 7.04. The monoisotopic (exact) mass is 436 g/mol. The molecule has 0 fully saturated rings. The maximum absolute atomic E-state index is 12.8. The Morgan fingerprint density at radius 1 is 0.933 bits per heavy atom. The number of halogens is 1. The van der Waals surface area contributed by atoms with Gasteiger partial charge in [-0.15, -0.1) is 0 Å².